The van der Waals surface area contributed by atoms with Crippen LogP contribution in [-0.4, -0.2) is 62.7 Å². The smallest absolute Gasteiger partial charge is 0.311 e. The SMILES string of the molecule is O=C(NCC1CNCCOC1)C(=O)N1CCCC1. The number of carbonyl (C=O) groups is 2. The zero-order valence-corrected chi connectivity index (χ0v) is 10.6. The van der Waals surface area contributed by atoms with Gasteiger partial charge in [-0.1, -0.05) is 0 Å². The first-order valence-corrected chi connectivity index (χ1v) is 6.63. The molecule has 2 N–H and O–H groups in total. The van der Waals surface area contributed by atoms with Gasteiger partial charge in [-0.05, 0) is 12.8 Å². The molecule has 0 spiro atoms. The molecule has 0 aromatic rings. The van der Waals surface area contributed by atoms with Crippen LogP contribution in [0.5, 0.6) is 0 Å². The van der Waals surface area contributed by atoms with E-state index in [0.29, 0.717) is 32.8 Å². The second-order valence-corrected chi connectivity index (χ2v) is 4.85. The van der Waals surface area contributed by atoms with Gasteiger partial charge >= 0.3 is 11.8 Å². The molecule has 2 aliphatic rings. The molecular weight excluding hydrogens is 234 g/mol. The molecule has 18 heavy (non-hydrogen) atoms. The van der Waals surface area contributed by atoms with E-state index >= 15 is 0 Å². The molecule has 2 saturated heterocycles. The molecule has 2 rings (SSSR count). The van der Waals surface area contributed by atoms with Gasteiger partial charge in [0.15, 0.2) is 0 Å². The van der Waals surface area contributed by atoms with E-state index in [1.54, 1.807) is 4.90 Å². The van der Waals surface area contributed by atoms with Gasteiger partial charge in [-0.2, -0.15) is 0 Å². The van der Waals surface area contributed by atoms with Gasteiger partial charge in [0.2, 0.25) is 0 Å². The molecular formula is C12H21N3O3. The fraction of sp³-hybridized carbons (Fsp3) is 0.833. The summed E-state index contributed by atoms with van der Waals surface area (Å²) in [7, 11) is 0. The molecule has 2 heterocycles. The predicted octanol–water partition coefficient (Wildman–Crippen LogP) is -1.04. The van der Waals surface area contributed by atoms with Crippen LogP contribution in [0.25, 0.3) is 0 Å². The molecule has 0 bridgehead atoms. The van der Waals surface area contributed by atoms with Crippen molar-refractivity contribution in [3.63, 3.8) is 0 Å². The van der Waals surface area contributed by atoms with Crippen molar-refractivity contribution in [2.24, 2.45) is 5.92 Å². The minimum Gasteiger partial charge on any atom is -0.380 e. The summed E-state index contributed by atoms with van der Waals surface area (Å²) in [5.41, 5.74) is 0. The van der Waals surface area contributed by atoms with E-state index in [1.807, 2.05) is 0 Å². The summed E-state index contributed by atoms with van der Waals surface area (Å²) < 4.78 is 5.39. The zero-order valence-electron chi connectivity index (χ0n) is 10.6. The van der Waals surface area contributed by atoms with Gasteiger partial charge in [0.1, 0.15) is 0 Å². The van der Waals surface area contributed by atoms with Crippen LogP contribution in [0.2, 0.25) is 0 Å². The van der Waals surface area contributed by atoms with Crippen LogP contribution in [0.15, 0.2) is 0 Å². The number of carbonyl (C=O) groups excluding carboxylic acids is 2. The Bertz CT molecular complexity index is 295. The second-order valence-electron chi connectivity index (χ2n) is 4.85. The molecule has 0 aromatic carbocycles. The predicted molar refractivity (Wildman–Crippen MR) is 66.0 cm³/mol. The average molecular weight is 255 g/mol. The normalized spacial score (nSPS) is 24.7. The Morgan fingerprint density at radius 2 is 2.11 bits per heavy atom. The third kappa shape index (κ3) is 3.68. The topological polar surface area (TPSA) is 70.7 Å². The summed E-state index contributed by atoms with van der Waals surface area (Å²) in [5.74, 6) is -0.640. The number of rotatable bonds is 2. The zero-order chi connectivity index (χ0) is 12.8. The Hall–Kier alpha value is -1.14. The van der Waals surface area contributed by atoms with E-state index in [0.717, 1.165) is 25.9 Å². The fourth-order valence-corrected chi connectivity index (χ4v) is 2.27. The highest BCUT2D eigenvalue weighted by Crippen LogP contribution is 2.07. The van der Waals surface area contributed by atoms with Gasteiger partial charge in [0, 0.05) is 38.6 Å². The lowest BCUT2D eigenvalue weighted by Crippen LogP contribution is -2.44. The van der Waals surface area contributed by atoms with Crippen LogP contribution in [0.1, 0.15) is 12.8 Å². The molecule has 0 aromatic heterocycles. The van der Waals surface area contributed by atoms with Crippen LogP contribution in [0, 0.1) is 5.92 Å². The molecule has 2 amide bonds. The van der Waals surface area contributed by atoms with Crippen LogP contribution < -0.4 is 10.6 Å². The maximum Gasteiger partial charge on any atom is 0.311 e. The Morgan fingerprint density at radius 1 is 1.33 bits per heavy atom. The lowest BCUT2D eigenvalue weighted by molar-refractivity contribution is -0.145. The quantitative estimate of drug-likeness (QED) is 0.618. The van der Waals surface area contributed by atoms with Crippen molar-refractivity contribution >= 4 is 11.8 Å². The molecule has 1 unspecified atom stereocenters. The van der Waals surface area contributed by atoms with Crippen LogP contribution in [0.4, 0.5) is 0 Å². The van der Waals surface area contributed by atoms with E-state index in [1.165, 1.54) is 0 Å². The van der Waals surface area contributed by atoms with Crippen molar-refractivity contribution in [2.45, 2.75) is 12.8 Å². The lowest BCUT2D eigenvalue weighted by atomic mass is 10.1. The molecule has 0 saturated carbocycles. The third-order valence-electron chi connectivity index (χ3n) is 3.35. The minimum absolute atomic E-state index is 0.239. The van der Waals surface area contributed by atoms with Crippen LogP contribution >= 0.6 is 0 Å². The van der Waals surface area contributed by atoms with Crippen molar-refractivity contribution in [3.05, 3.63) is 0 Å². The monoisotopic (exact) mass is 255 g/mol. The number of hydrogen-bond acceptors (Lipinski definition) is 4. The number of hydrogen-bond donors (Lipinski definition) is 2. The Morgan fingerprint density at radius 3 is 2.89 bits per heavy atom. The molecule has 6 nitrogen and oxygen atoms in total. The third-order valence-corrected chi connectivity index (χ3v) is 3.35. The number of nitrogens with zero attached hydrogens (tertiary/aromatic N) is 1. The minimum atomic E-state index is -0.485. The summed E-state index contributed by atoms with van der Waals surface area (Å²) in [6.07, 6.45) is 2.00. The number of ether oxygens (including phenoxy) is 1. The molecule has 2 aliphatic heterocycles. The van der Waals surface area contributed by atoms with Gasteiger partial charge in [-0.15, -0.1) is 0 Å². The first-order chi connectivity index (χ1) is 8.77. The maximum atomic E-state index is 11.8. The van der Waals surface area contributed by atoms with Gasteiger partial charge in [-0.25, -0.2) is 0 Å². The second kappa shape index (κ2) is 6.70. The summed E-state index contributed by atoms with van der Waals surface area (Å²) in [6.45, 7) is 4.91. The molecule has 2 fully saturated rings. The summed E-state index contributed by atoms with van der Waals surface area (Å²) in [4.78, 5) is 25.1. The number of amides is 2. The van der Waals surface area contributed by atoms with E-state index in [9.17, 15) is 9.59 Å². The first-order valence-electron chi connectivity index (χ1n) is 6.63. The highest BCUT2D eigenvalue weighted by atomic mass is 16.5. The summed E-state index contributed by atoms with van der Waals surface area (Å²) in [6, 6.07) is 0. The van der Waals surface area contributed by atoms with Crippen molar-refractivity contribution in [1.29, 1.82) is 0 Å². The molecule has 102 valence electrons. The highest BCUT2D eigenvalue weighted by Gasteiger charge is 2.24. The van der Waals surface area contributed by atoms with E-state index in [2.05, 4.69) is 10.6 Å². The van der Waals surface area contributed by atoms with Gasteiger partial charge in [0.05, 0.1) is 13.2 Å². The first kappa shape index (κ1) is 13.3. The summed E-state index contributed by atoms with van der Waals surface area (Å²) in [5, 5.41) is 5.94. The van der Waals surface area contributed by atoms with Gasteiger partial charge < -0.3 is 20.3 Å². The Labute approximate surface area is 107 Å². The molecule has 1 atom stereocenters. The van der Waals surface area contributed by atoms with E-state index < -0.39 is 11.8 Å². The maximum absolute atomic E-state index is 11.8. The van der Waals surface area contributed by atoms with E-state index in [-0.39, 0.29) is 5.92 Å². The van der Waals surface area contributed by atoms with Crippen LogP contribution in [0.3, 0.4) is 0 Å². The van der Waals surface area contributed by atoms with Crippen LogP contribution in [-0.2, 0) is 14.3 Å². The Balaban J connectivity index is 1.71. The van der Waals surface area contributed by atoms with Gasteiger partial charge in [-0.3, -0.25) is 9.59 Å². The van der Waals surface area contributed by atoms with Crippen molar-refractivity contribution in [1.82, 2.24) is 15.5 Å². The van der Waals surface area contributed by atoms with Gasteiger partial charge in [0.25, 0.3) is 0 Å². The number of likely N-dealkylation sites (tertiary alicyclic amines) is 1. The average Bonchev–Trinajstić information content (AvgIpc) is 2.79. The molecule has 6 heteroatoms. The standard InChI is InChI=1S/C12H21N3O3/c16-11(12(17)15-4-1-2-5-15)14-8-10-7-13-3-6-18-9-10/h10,13H,1-9H2,(H,14,16). The fourth-order valence-electron chi connectivity index (χ4n) is 2.27. The number of nitrogens with one attached hydrogen (secondary N) is 2. The van der Waals surface area contributed by atoms with E-state index in [4.69, 9.17) is 4.74 Å². The summed E-state index contributed by atoms with van der Waals surface area (Å²) >= 11 is 0. The molecule has 0 radical (unpaired) electrons. The molecule has 0 aliphatic carbocycles. The van der Waals surface area contributed by atoms with Crippen molar-refractivity contribution < 1.29 is 14.3 Å². The Kier molecular flexibility index (Phi) is 4.95. The lowest BCUT2D eigenvalue weighted by Gasteiger charge is -2.17. The largest absolute Gasteiger partial charge is 0.380 e. The van der Waals surface area contributed by atoms with Crippen molar-refractivity contribution in [3.8, 4) is 0 Å². The van der Waals surface area contributed by atoms with Crippen molar-refractivity contribution in [2.75, 3.05) is 45.9 Å². The highest BCUT2D eigenvalue weighted by molar-refractivity contribution is 6.35.